The fourth-order valence-electron chi connectivity index (χ4n) is 4.13. The van der Waals surface area contributed by atoms with E-state index in [9.17, 15) is 0 Å². The predicted molar refractivity (Wildman–Crippen MR) is 88.1 cm³/mol. The molecule has 2 nitrogen and oxygen atoms in total. The van der Waals surface area contributed by atoms with Crippen molar-refractivity contribution in [3.05, 3.63) is 0 Å². The zero-order valence-electron chi connectivity index (χ0n) is 14.0. The van der Waals surface area contributed by atoms with Crippen LogP contribution in [0.25, 0.3) is 0 Å². The monoisotopic (exact) mass is 280 g/mol. The number of nitrogens with zero attached hydrogens (tertiary/aromatic N) is 1. The largest absolute Gasteiger partial charge is 0.310 e. The Balaban J connectivity index is 1.78. The highest BCUT2D eigenvalue weighted by molar-refractivity contribution is 4.90. The average Bonchev–Trinajstić information content (AvgIpc) is 2.46. The molecule has 1 aliphatic heterocycles. The number of rotatable bonds is 7. The molecule has 1 aliphatic carbocycles. The van der Waals surface area contributed by atoms with Crippen LogP contribution in [0, 0.1) is 5.92 Å². The van der Waals surface area contributed by atoms with Crippen molar-refractivity contribution in [3.8, 4) is 0 Å². The lowest BCUT2D eigenvalue weighted by Gasteiger charge is -2.42. The van der Waals surface area contributed by atoms with Gasteiger partial charge in [-0.25, -0.2) is 0 Å². The van der Waals surface area contributed by atoms with Crippen LogP contribution >= 0.6 is 0 Å². The van der Waals surface area contributed by atoms with E-state index in [-0.39, 0.29) is 0 Å². The minimum Gasteiger partial charge on any atom is -0.310 e. The zero-order chi connectivity index (χ0) is 14.4. The van der Waals surface area contributed by atoms with Gasteiger partial charge in [0.25, 0.3) is 0 Å². The highest BCUT2D eigenvalue weighted by atomic mass is 15.2. The molecule has 0 aromatic heterocycles. The molecule has 1 heterocycles. The molecule has 0 radical (unpaired) electrons. The van der Waals surface area contributed by atoms with Crippen LogP contribution in [0.2, 0.25) is 0 Å². The van der Waals surface area contributed by atoms with Crippen LogP contribution in [0.1, 0.15) is 78.6 Å². The Morgan fingerprint density at radius 3 is 2.60 bits per heavy atom. The Morgan fingerprint density at radius 2 is 1.85 bits per heavy atom. The normalized spacial score (nSPS) is 30.8. The lowest BCUT2D eigenvalue weighted by atomic mass is 9.77. The van der Waals surface area contributed by atoms with Gasteiger partial charge in [0.1, 0.15) is 0 Å². The predicted octanol–water partition coefficient (Wildman–Crippen LogP) is 4.20. The lowest BCUT2D eigenvalue weighted by molar-refractivity contribution is 0.128. The summed E-state index contributed by atoms with van der Waals surface area (Å²) in [6.45, 7) is 9.57. The molecule has 0 bridgehead atoms. The third-order valence-electron chi connectivity index (χ3n) is 5.48. The van der Waals surface area contributed by atoms with Crippen molar-refractivity contribution in [2.24, 2.45) is 5.92 Å². The standard InChI is InChI=1S/C18H36N2/c1-4-5-8-13-20(15(2)3)14-17-12-11-16-9-6-7-10-18(16)19-17/h15-19H,4-14H2,1-3H3. The molecule has 1 N–H and O–H groups in total. The first-order valence-electron chi connectivity index (χ1n) is 9.20. The molecular weight excluding hydrogens is 244 g/mol. The SMILES string of the molecule is CCCCCN(CC1CCC2CCCCC2N1)C(C)C. The van der Waals surface area contributed by atoms with Crippen molar-refractivity contribution in [1.82, 2.24) is 10.2 Å². The van der Waals surface area contributed by atoms with Gasteiger partial charge in [0.15, 0.2) is 0 Å². The van der Waals surface area contributed by atoms with Crippen molar-refractivity contribution in [2.75, 3.05) is 13.1 Å². The van der Waals surface area contributed by atoms with Crippen LogP contribution in [0.5, 0.6) is 0 Å². The molecule has 20 heavy (non-hydrogen) atoms. The fourth-order valence-corrected chi connectivity index (χ4v) is 4.13. The minimum absolute atomic E-state index is 0.692. The zero-order valence-corrected chi connectivity index (χ0v) is 14.0. The molecular formula is C18H36N2. The molecule has 2 aliphatic rings. The van der Waals surface area contributed by atoms with Crippen LogP contribution in [-0.4, -0.2) is 36.1 Å². The third kappa shape index (κ3) is 4.73. The maximum absolute atomic E-state index is 3.99. The van der Waals surface area contributed by atoms with E-state index in [1.807, 2.05) is 0 Å². The first kappa shape index (κ1) is 16.3. The quantitative estimate of drug-likeness (QED) is 0.703. The summed E-state index contributed by atoms with van der Waals surface area (Å²) < 4.78 is 0. The summed E-state index contributed by atoms with van der Waals surface area (Å²) in [5.74, 6) is 0.993. The summed E-state index contributed by atoms with van der Waals surface area (Å²) in [6.07, 6.45) is 12.8. The maximum Gasteiger partial charge on any atom is 0.0197 e. The van der Waals surface area contributed by atoms with Gasteiger partial charge in [-0.1, -0.05) is 32.6 Å². The molecule has 2 rings (SSSR count). The Hall–Kier alpha value is -0.0800. The molecule has 0 aromatic rings. The molecule has 3 atom stereocenters. The van der Waals surface area contributed by atoms with Crippen molar-refractivity contribution in [3.63, 3.8) is 0 Å². The van der Waals surface area contributed by atoms with Gasteiger partial charge in [0, 0.05) is 24.7 Å². The highest BCUT2D eigenvalue weighted by Gasteiger charge is 2.32. The first-order chi connectivity index (χ1) is 9.70. The van der Waals surface area contributed by atoms with Crippen molar-refractivity contribution < 1.29 is 0 Å². The lowest BCUT2D eigenvalue weighted by Crippen LogP contribution is -2.53. The number of nitrogens with one attached hydrogen (secondary N) is 1. The van der Waals surface area contributed by atoms with Gasteiger partial charge in [-0.3, -0.25) is 4.90 Å². The van der Waals surface area contributed by atoms with E-state index in [4.69, 9.17) is 0 Å². The number of piperidine rings is 1. The van der Waals surface area contributed by atoms with Gasteiger partial charge in [-0.05, 0) is 58.4 Å². The first-order valence-corrected chi connectivity index (χ1v) is 9.20. The number of unbranched alkanes of at least 4 members (excludes halogenated alkanes) is 2. The topological polar surface area (TPSA) is 15.3 Å². The van der Waals surface area contributed by atoms with E-state index in [2.05, 4.69) is 31.0 Å². The summed E-state index contributed by atoms with van der Waals surface area (Å²) in [5, 5.41) is 3.99. The van der Waals surface area contributed by atoms with Crippen molar-refractivity contribution >= 4 is 0 Å². The number of hydrogen-bond acceptors (Lipinski definition) is 2. The summed E-state index contributed by atoms with van der Waals surface area (Å²) in [5.41, 5.74) is 0. The van der Waals surface area contributed by atoms with E-state index < -0.39 is 0 Å². The van der Waals surface area contributed by atoms with Crippen molar-refractivity contribution in [2.45, 2.75) is 96.7 Å². The van der Waals surface area contributed by atoms with E-state index in [1.165, 1.54) is 70.9 Å². The van der Waals surface area contributed by atoms with Crippen LogP contribution < -0.4 is 5.32 Å². The smallest absolute Gasteiger partial charge is 0.0197 e. The second kappa shape index (κ2) is 8.38. The van der Waals surface area contributed by atoms with Crippen LogP contribution in [0.4, 0.5) is 0 Å². The minimum atomic E-state index is 0.692. The average molecular weight is 280 g/mol. The molecule has 2 fully saturated rings. The Kier molecular flexibility index (Phi) is 6.83. The Labute approximate surface area is 126 Å². The molecule has 1 saturated heterocycles. The molecule has 0 amide bonds. The summed E-state index contributed by atoms with van der Waals surface area (Å²) in [7, 11) is 0. The van der Waals surface area contributed by atoms with E-state index in [0.717, 1.165) is 18.0 Å². The van der Waals surface area contributed by atoms with Crippen molar-refractivity contribution in [1.29, 1.82) is 0 Å². The highest BCUT2D eigenvalue weighted by Crippen LogP contribution is 2.32. The van der Waals surface area contributed by atoms with E-state index in [1.54, 1.807) is 0 Å². The molecule has 1 saturated carbocycles. The molecule has 2 heteroatoms. The van der Waals surface area contributed by atoms with Gasteiger partial charge in [0.05, 0.1) is 0 Å². The van der Waals surface area contributed by atoms with E-state index in [0.29, 0.717) is 6.04 Å². The molecule has 0 spiro atoms. The second-order valence-electron chi connectivity index (χ2n) is 7.39. The molecule has 118 valence electrons. The van der Waals surface area contributed by atoms with Gasteiger partial charge in [-0.15, -0.1) is 0 Å². The van der Waals surface area contributed by atoms with Gasteiger partial charge in [0.2, 0.25) is 0 Å². The van der Waals surface area contributed by atoms with Crippen LogP contribution in [0.15, 0.2) is 0 Å². The van der Waals surface area contributed by atoms with Crippen LogP contribution in [0.3, 0.4) is 0 Å². The summed E-state index contributed by atoms with van der Waals surface area (Å²) in [6, 6.07) is 2.28. The summed E-state index contributed by atoms with van der Waals surface area (Å²) in [4.78, 5) is 2.70. The number of hydrogen-bond donors (Lipinski definition) is 1. The summed E-state index contributed by atoms with van der Waals surface area (Å²) >= 11 is 0. The Morgan fingerprint density at radius 1 is 1.05 bits per heavy atom. The van der Waals surface area contributed by atoms with Gasteiger partial charge >= 0.3 is 0 Å². The van der Waals surface area contributed by atoms with E-state index >= 15 is 0 Å². The maximum atomic E-state index is 3.99. The molecule has 3 unspecified atom stereocenters. The number of fused-ring (bicyclic) bond motifs is 1. The van der Waals surface area contributed by atoms with Gasteiger partial charge in [-0.2, -0.15) is 0 Å². The molecule has 0 aromatic carbocycles. The third-order valence-corrected chi connectivity index (χ3v) is 5.48. The van der Waals surface area contributed by atoms with Crippen LogP contribution in [-0.2, 0) is 0 Å². The fraction of sp³-hybridized carbons (Fsp3) is 1.00. The Bertz CT molecular complexity index is 264. The second-order valence-corrected chi connectivity index (χ2v) is 7.39. The van der Waals surface area contributed by atoms with Gasteiger partial charge < -0.3 is 5.32 Å².